The highest BCUT2D eigenvalue weighted by atomic mass is 79.9. The molecule has 2 atom stereocenters. The number of aliphatic hydroxyl groups excluding tert-OH is 1. The molecule has 0 unspecified atom stereocenters. The Morgan fingerprint density at radius 3 is 3.10 bits per heavy atom. The van der Waals surface area contributed by atoms with Crippen LogP contribution in [-0.4, -0.2) is 38.3 Å². The molecule has 2 aromatic heterocycles. The van der Waals surface area contributed by atoms with Gasteiger partial charge in [0.2, 0.25) is 0 Å². The molecule has 2 aromatic rings. The zero-order chi connectivity index (χ0) is 13.9. The SMILES string of the molecule is C.O[C@H]1CCCN[C@@H]1CCCn1cnc2cc(Br)ncc21. The third-order valence-corrected chi connectivity index (χ3v) is 4.37. The van der Waals surface area contributed by atoms with Crippen LogP contribution < -0.4 is 5.32 Å². The van der Waals surface area contributed by atoms with Crippen molar-refractivity contribution < 1.29 is 5.11 Å². The Bertz CT molecular complexity index is 586. The van der Waals surface area contributed by atoms with Crippen molar-refractivity contribution in [3.05, 3.63) is 23.2 Å². The normalized spacial score (nSPS) is 22.2. The minimum Gasteiger partial charge on any atom is -0.392 e. The standard InChI is InChI=1S/C14H19BrN4O.CH4/c15-14-7-11-12(8-17-14)19(9-18-11)6-2-3-10-13(20)4-1-5-16-10;/h7-10,13,16,20H,1-6H2;1H4/t10-,13+;/m1./s1. The van der Waals surface area contributed by atoms with Gasteiger partial charge in [-0.05, 0) is 54.2 Å². The van der Waals surface area contributed by atoms with Crippen LogP contribution in [0.2, 0.25) is 0 Å². The molecule has 5 nitrogen and oxygen atoms in total. The van der Waals surface area contributed by atoms with Gasteiger partial charge >= 0.3 is 0 Å². The molecule has 1 fully saturated rings. The fourth-order valence-electron chi connectivity index (χ4n) is 2.82. The molecule has 1 aliphatic rings. The molecule has 0 bridgehead atoms. The summed E-state index contributed by atoms with van der Waals surface area (Å²) in [5.41, 5.74) is 2.02. The van der Waals surface area contributed by atoms with E-state index in [2.05, 4.69) is 35.8 Å². The summed E-state index contributed by atoms with van der Waals surface area (Å²) in [5.74, 6) is 0. The van der Waals surface area contributed by atoms with Crippen LogP contribution in [0.25, 0.3) is 11.0 Å². The Morgan fingerprint density at radius 1 is 1.43 bits per heavy atom. The van der Waals surface area contributed by atoms with Crippen LogP contribution in [0.3, 0.4) is 0 Å². The van der Waals surface area contributed by atoms with Gasteiger partial charge in [0.25, 0.3) is 0 Å². The summed E-state index contributed by atoms with van der Waals surface area (Å²) in [6, 6.07) is 2.17. The highest BCUT2D eigenvalue weighted by molar-refractivity contribution is 9.10. The number of hydrogen-bond acceptors (Lipinski definition) is 4. The molecule has 3 rings (SSSR count). The minimum atomic E-state index is -0.194. The van der Waals surface area contributed by atoms with E-state index in [1.807, 2.05) is 18.6 Å². The van der Waals surface area contributed by atoms with E-state index in [1.165, 1.54) is 0 Å². The molecule has 21 heavy (non-hydrogen) atoms. The van der Waals surface area contributed by atoms with Gasteiger partial charge in [0.1, 0.15) is 4.60 Å². The van der Waals surface area contributed by atoms with Crippen molar-refractivity contribution >= 4 is 27.0 Å². The number of rotatable bonds is 4. The molecular formula is C15H23BrN4O. The van der Waals surface area contributed by atoms with E-state index in [0.29, 0.717) is 0 Å². The van der Waals surface area contributed by atoms with E-state index >= 15 is 0 Å². The van der Waals surface area contributed by atoms with Crippen LogP contribution in [0.5, 0.6) is 0 Å². The van der Waals surface area contributed by atoms with Crippen LogP contribution in [0.1, 0.15) is 33.1 Å². The molecule has 0 aromatic carbocycles. The second-order valence-corrected chi connectivity index (χ2v) is 6.16. The van der Waals surface area contributed by atoms with Crippen molar-refractivity contribution in [3.63, 3.8) is 0 Å². The predicted octanol–water partition coefficient (Wildman–Crippen LogP) is 2.72. The van der Waals surface area contributed by atoms with E-state index in [-0.39, 0.29) is 19.6 Å². The van der Waals surface area contributed by atoms with Crippen molar-refractivity contribution in [3.8, 4) is 0 Å². The van der Waals surface area contributed by atoms with Crippen molar-refractivity contribution in [1.82, 2.24) is 19.9 Å². The van der Waals surface area contributed by atoms with Crippen molar-refractivity contribution in [2.45, 2.75) is 51.8 Å². The summed E-state index contributed by atoms with van der Waals surface area (Å²) in [6.45, 7) is 1.93. The number of halogens is 1. The number of hydrogen-bond donors (Lipinski definition) is 2. The molecule has 0 radical (unpaired) electrons. The first-order valence-electron chi connectivity index (χ1n) is 7.12. The van der Waals surface area contributed by atoms with Gasteiger partial charge < -0.3 is 15.0 Å². The Balaban J connectivity index is 0.00000161. The number of aryl methyl sites for hydroxylation is 1. The fourth-order valence-corrected chi connectivity index (χ4v) is 3.14. The lowest BCUT2D eigenvalue weighted by Crippen LogP contribution is -2.44. The van der Waals surface area contributed by atoms with Gasteiger partial charge in [0.15, 0.2) is 0 Å². The zero-order valence-electron chi connectivity index (χ0n) is 11.3. The first-order valence-corrected chi connectivity index (χ1v) is 7.91. The summed E-state index contributed by atoms with van der Waals surface area (Å²) < 4.78 is 2.94. The summed E-state index contributed by atoms with van der Waals surface area (Å²) in [6.07, 6.45) is 7.53. The topological polar surface area (TPSA) is 63.0 Å². The van der Waals surface area contributed by atoms with Crippen molar-refractivity contribution in [1.29, 1.82) is 0 Å². The second-order valence-electron chi connectivity index (χ2n) is 5.35. The summed E-state index contributed by atoms with van der Waals surface area (Å²) in [5, 5.41) is 13.3. The third-order valence-electron chi connectivity index (χ3n) is 3.94. The first kappa shape index (κ1) is 16.4. The number of pyridine rings is 1. The predicted molar refractivity (Wildman–Crippen MR) is 88.2 cm³/mol. The molecule has 116 valence electrons. The molecule has 0 spiro atoms. The quantitative estimate of drug-likeness (QED) is 0.828. The maximum absolute atomic E-state index is 9.93. The van der Waals surface area contributed by atoms with Crippen LogP contribution in [-0.2, 0) is 6.54 Å². The Morgan fingerprint density at radius 2 is 2.29 bits per heavy atom. The molecule has 1 aliphatic heterocycles. The average Bonchev–Trinajstić information content (AvgIpc) is 2.83. The molecule has 2 N–H and O–H groups in total. The molecule has 1 saturated heterocycles. The first-order chi connectivity index (χ1) is 9.74. The number of imidazole rings is 1. The summed E-state index contributed by atoms with van der Waals surface area (Å²) >= 11 is 3.36. The van der Waals surface area contributed by atoms with Crippen LogP contribution in [0, 0.1) is 0 Å². The van der Waals surface area contributed by atoms with Gasteiger partial charge in [-0.3, -0.25) is 0 Å². The molecule has 0 aliphatic carbocycles. The highest BCUT2D eigenvalue weighted by Gasteiger charge is 2.21. The molecule has 0 amide bonds. The fraction of sp³-hybridized carbons (Fsp3) is 0.600. The number of nitrogens with one attached hydrogen (secondary N) is 1. The third kappa shape index (κ3) is 3.81. The lowest BCUT2D eigenvalue weighted by molar-refractivity contribution is 0.0909. The van der Waals surface area contributed by atoms with Gasteiger partial charge in [0.05, 0.1) is 29.7 Å². The number of fused-ring (bicyclic) bond motifs is 1. The van der Waals surface area contributed by atoms with Gasteiger partial charge in [-0.2, -0.15) is 0 Å². The lowest BCUT2D eigenvalue weighted by Gasteiger charge is -2.28. The van der Waals surface area contributed by atoms with E-state index < -0.39 is 0 Å². The van der Waals surface area contributed by atoms with E-state index in [0.717, 1.165) is 54.4 Å². The minimum absolute atomic E-state index is 0. The van der Waals surface area contributed by atoms with Crippen LogP contribution in [0.15, 0.2) is 23.2 Å². The monoisotopic (exact) mass is 354 g/mol. The maximum Gasteiger partial charge on any atom is 0.108 e. The van der Waals surface area contributed by atoms with E-state index in [1.54, 1.807) is 0 Å². The Labute approximate surface area is 133 Å². The van der Waals surface area contributed by atoms with Crippen LogP contribution in [0.4, 0.5) is 0 Å². The Hall–Kier alpha value is -0.980. The zero-order valence-corrected chi connectivity index (χ0v) is 12.9. The van der Waals surface area contributed by atoms with Gasteiger partial charge in [0, 0.05) is 12.6 Å². The van der Waals surface area contributed by atoms with E-state index in [4.69, 9.17) is 0 Å². The van der Waals surface area contributed by atoms with Crippen molar-refractivity contribution in [2.24, 2.45) is 0 Å². The molecule has 6 heteroatoms. The molecule has 0 saturated carbocycles. The lowest BCUT2D eigenvalue weighted by atomic mass is 9.97. The highest BCUT2D eigenvalue weighted by Crippen LogP contribution is 2.18. The smallest absolute Gasteiger partial charge is 0.108 e. The Kier molecular flexibility index (Phi) is 5.72. The molecular weight excluding hydrogens is 332 g/mol. The number of piperidine rings is 1. The number of aliphatic hydroxyl groups is 1. The van der Waals surface area contributed by atoms with E-state index in [9.17, 15) is 5.11 Å². The van der Waals surface area contributed by atoms with Gasteiger partial charge in [-0.25, -0.2) is 9.97 Å². The van der Waals surface area contributed by atoms with Crippen molar-refractivity contribution in [2.75, 3.05) is 6.54 Å². The summed E-state index contributed by atoms with van der Waals surface area (Å²) in [7, 11) is 0. The van der Waals surface area contributed by atoms with Gasteiger partial charge in [-0.1, -0.05) is 7.43 Å². The average molecular weight is 355 g/mol. The number of aromatic nitrogens is 3. The maximum atomic E-state index is 9.93. The van der Waals surface area contributed by atoms with Gasteiger partial charge in [-0.15, -0.1) is 0 Å². The largest absolute Gasteiger partial charge is 0.392 e. The second kappa shape index (κ2) is 7.33. The van der Waals surface area contributed by atoms with Crippen LogP contribution >= 0.6 is 15.9 Å². The number of nitrogens with zero attached hydrogens (tertiary/aromatic N) is 3. The molecule has 3 heterocycles. The summed E-state index contributed by atoms with van der Waals surface area (Å²) in [4.78, 5) is 8.64.